The molecule has 0 aliphatic carbocycles. The Balaban J connectivity index is 2.03. The van der Waals surface area contributed by atoms with Gasteiger partial charge in [-0.3, -0.25) is 4.90 Å². The van der Waals surface area contributed by atoms with Crippen LogP contribution in [0.2, 0.25) is 5.02 Å². The van der Waals surface area contributed by atoms with E-state index in [1.807, 2.05) is 42.6 Å². The zero-order chi connectivity index (χ0) is 19.2. The van der Waals surface area contributed by atoms with Crippen LogP contribution in [0.15, 0.2) is 42.6 Å². The minimum Gasteiger partial charge on any atom is -0.398 e. The van der Waals surface area contributed by atoms with Crippen LogP contribution in [-0.2, 0) is 16.0 Å². The first kappa shape index (κ1) is 19.6. The summed E-state index contributed by atoms with van der Waals surface area (Å²) in [6.07, 6.45) is 1.92. The van der Waals surface area contributed by atoms with Gasteiger partial charge in [0.15, 0.2) is 0 Å². The fourth-order valence-electron chi connectivity index (χ4n) is 3.02. The van der Waals surface area contributed by atoms with Gasteiger partial charge in [-0.15, -0.1) is 0 Å². The standard InChI is InChI=1S/C20H25ClN4O2/c1-26-11-9-24(10-12-27-2)14-18-20(15-3-5-16(21)6-4-15)23-19-8-7-17(22)13-25(18)19/h3-8,13H,9-12,14,22H2,1-2H3. The van der Waals surface area contributed by atoms with E-state index in [0.29, 0.717) is 30.5 Å². The molecule has 2 aromatic heterocycles. The fourth-order valence-corrected chi connectivity index (χ4v) is 3.15. The summed E-state index contributed by atoms with van der Waals surface area (Å²) in [4.78, 5) is 7.13. The van der Waals surface area contributed by atoms with Gasteiger partial charge in [-0.2, -0.15) is 0 Å². The zero-order valence-electron chi connectivity index (χ0n) is 15.7. The number of anilines is 1. The molecule has 27 heavy (non-hydrogen) atoms. The highest BCUT2D eigenvalue weighted by Crippen LogP contribution is 2.27. The molecule has 7 heteroatoms. The molecule has 1 aromatic carbocycles. The molecule has 0 aliphatic heterocycles. The molecule has 0 fully saturated rings. The number of ether oxygens (including phenoxy) is 2. The molecule has 0 unspecified atom stereocenters. The van der Waals surface area contributed by atoms with Crippen LogP contribution in [0.25, 0.3) is 16.9 Å². The highest BCUT2D eigenvalue weighted by Gasteiger charge is 2.17. The quantitative estimate of drug-likeness (QED) is 0.609. The number of aromatic nitrogens is 2. The lowest BCUT2D eigenvalue weighted by atomic mass is 10.1. The Morgan fingerprint density at radius 2 is 1.70 bits per heavy atom. The topological polar surface area (TPSA) is 65.0 Å². The number of pyridine rings is 1. The largest absolute Gasteiger partial charge is 0.398 e. The van der Waals surface area contributed by atoms with Crippen LogP contribution < -0.4 is 5.73 Å². The summed E-state index contributed by atoms with van der Waals surface area (Å²) in [5.41, 5.74) is 10.6. The molecule has 0 amide bonds. The van der Waals surface area contributed by atoms with Crippen molar-refractivity contribution in [2.75, 3.05) is 46.3 Å². The number of methoxy groups -OCH3 is 2. The van der Waals surface area contributed by atoms with Crippen LogP contribution in [0.4, 0.5) is 5.69 Å². The normalized spacial score (nSPS) is 11.6. The third kappa shape index (κ3) is 4.78. The summed E-state index contributed by atoms with van der Waals surface area (Å²) < 4.78 is 12.6. The van der Waals surface area contributed by atoms with Gasteiger partial charge < -0.3 is 19.6 Å². The molecule has 3 rings (SSSR count). The molecule has 2 heterocycles. The second kappa shape index (κ2) is 9.19. The molecule has 144 valence electrons. The maximum Gasteiger partial charge on any atom is 0.137 e. The van der Waals surface area contributed by atoms with Gasteiger partial charge in [0.05, 0.1) is 24.6 Å². The number of fused-ring (bicyclic) bond motifs is 1. The van der Waals surface area contributed by atoms with Crippen molar-refractivity contribution >= 4 is 22.9 Å². The molecule has 0 aliphatic rings. The van der Waals surface area contributed by atoms with Crippen LogP contribution in [-0.4, -0.2) is 54.8 Å². The Kier molecular flexibility index (Phi) is 6.68. The number of nitrogens with zero attached hydrogens (tertiary/aromatic N) is 3. The summed E-state index contributed by atoms with van der Waals surface area (Å²) in [5, 5.41) is 0.704. The van der Waals surface area contributed by atoms with E-state index in [-0.39, 0.29) is 0 Å². The summed E-state index contributed by atoms with van der Waals surface area (Å²) >= 11 is 6.06. The van der Waals surface area contributed by atoms with Crippen molar-refractivity contribution in [2.24, 2.45) is 0 Å². The summed E-state index contributed by atoms with van der Waals surface area (Å²) in [7, 11) is 3.42. The van der Waals surface area contributed by atoms with Gasteiger partial charge in [-0.05, 0) is 24.3 Å². The maximum absolute atomic E-state index is 6.06. The lowest BCUT2D eigenvalue weighted by molar-refractivity contribution is 0.109. The van der Waals surface area contributed by atoms with Crippen molar-refractivity contribution in [1.82, 2.24) is 14.3 Å². The fraction of sp³-hybridized carbons (Fsp3) is 0.350. The number of benzene rings is 1. The predicted octanol–water partition coefficient (Wildman–Crippen LogP) is 3.33. The summed E-state index contributed by atoms with van der Waals surface area (Å²) in [6.45, 7) is 3.61. The Morgan fingerprint density at radius 3 is 2.33 bits per heavy atom. The lowest BCUT2D eigenvalue weighted by Crippen LogP contribution is -2.31. The molecule has 0 saturated carbocycles. The third-order valence-corrected chi connectivity index (χ3v) is 4.71. The second-order valence-electron chi connectivity index (χ2n) is 6.37. The highest BCUT2D eigenvalue weighted by molar-refractivity contribution is 6.30. The Labute approximate surface area is 164 Å². The minimum atomic E-state index is 0.652. The predicted molar refractivity (Wildman–Crippen MR) is 109 cm³/mol. The maximum atomic E-state index is 6.06. The van der Waals surface area contributed by atoms with E-state index < -0.39 is 0 Å². The van der Waals surface area contributed by atoms with Crippen LogP contribution in [0.3, 0.4) is 0 Å². The van der Waals surface area contributed by atoms with Crippen LogP contribution in [0.1, 0.15) is 5.69 Å². The molecule has 0 radical (unpaired) electrons. The van der Waals surface area contributed by atoms with Gasteiger partial charge in [0.1, 0.15) is 5.65 Å². The van der Waals surface area contributed by atoms with Crippen molar-refractivity contribution < 1.29 is 9.47 Å². The molecule has 0 bridgehead atoms. The van der Waals surface area contributed by atoms with E-state index in [9.17, 15) is 0 Å². The summed E-state index contributed by atoms with van der Waals surface area (Å²) in [5.74, 6) is 0. The molecular weight excluding hydrogens is 364 g/mol. The molecule has 0 atom stereocenters. The first-order chi connectivity index (χ1) is 13.1. The van der Waals surface area contributed by atoms with E-state index in [2.05, 4.69) is 9.30 Å². The van der Waals surface area contributed by atoms with Gasteiger partial charge in [-0.25, -0.2) is 4.98 Å². The van der Waals surface area contributed by atoms with Crippen molar-refractivity contribution in [3.8, 4) is 11.3 Å². The number of nitrogens with two attached hydrogens (primary N) is 1. The first-order valence-corrected chi connectivity index (χ1v) is 9.23. The van der Waals surface area contributed by atoms with E-state index in [0.717, 1.165) is 35.7 Å². The second-order valence-corrected chi connectivity index (χ2v) is 6.80. The number of nitrogen functional groups attached to an aromatic ring is 1. The monoisotopic (exact) mass is 388 g/mol. The van der Waals surface area contributed by atoms with E-state index in [4.69, 9.17) is 31.8 Å². The lowest BCUT2D eigenvalue weighted by Gasteiger charge is -2.22. The number of rotatable bonds is 9. The smallest absolute Gasteiger partial charge is 0.137 e. The van der Waals surface area contributed by atoms with Crippen molar-refractivity contribution in [3.63, 3.8) is 0 Å². The number of hydrogen-bond donors (Lipinski definition) is 1. The van der Waals surface area contributed by atoms with Gasteiger partial charge in [0, 0.05) is 56.3 Å². The van der Waals surface area contributed by atoms with Gasteiger partial charge >= 0.3 is 0 Å². The highest BCUT2D eigenvalue weighted by atomic mass is 35.5. The van der Waals surface area contributed by atoms with Gasteiger partial charge in [-0.1, -0.05) is 23.7 Å². The van der Waals surface area contributed by atoms with Crippen molar-refractivity contribution in [1.29, 1.82) is 0 Å². The first-order valence-electron chi connectivity index (χ1n) is 8.85. The van der Waals surface area contributed by atoms with Crippen LogP contribution in [0.5, 0.6) is 0 Å². The van der Waals surface area contributed by atoms with E-state index >= 15 is 0 Å². The van der Waals surface area contributed by atoms with Gasteiger partial charge in [0.25, 0.3) is 0 Å². The Hall–Kier alpha value is -2.12. The number of hydrogen-bond acceptors (Lipinski definition) is 5. The van der Waals surface area contributed by atoms with Crippen LogP contribution >= 0.6 is 11.6 Å². The number of imidazole rings is 1. The number of halogens is 1. The Bertz CT molecular complexity index is 872. The molecule has 3 aromatic rings. The molecule has 2 N–H and O–H groups in total. The van der Waals surface area contributed by atoms with Crippen LogP contribution in [0, 0.1) is 0 Å². The Morgan fingerprint density at radius 1 is 1.04 bits per heavy atom. The molecular formula is C20H25ClN4O2. The third-order valence-electron chi connectivity index (χ3n) is 4.45. The van der Waals surface area contributed by atoms with Crippen molar-refractivity contribution in [3.05, 3.63) is 53.3 Å². The average molecular weight is 389 g/mol. The SMILES string of the molecule is COCCN(CCOC)Cc1c(-c2ccc(Cl)cc2)nc2ccc(N)cn12. The molecule has 6 nitrogen and oxygen atoms in total. The van der Waals surface area contributed by atoms with Gasteiger partial charge in [0.2, 0.25) is 0 Å². The zero-order valence-corrected chi connectivity index (χ0v) is 16.4. The van der Waals surface area contributed by atoms with E-state index in [1.54, 1.807) is 14.2 Å². The summed E-state index contributed by atoms with van der Waals surface area (Å²) in [6, 6.07) is 11.6. The molecule has 0 spiro atoms. The average Bonchev–Trinajstić information content (AvgIpc) is 3.02. The van der Waals surface area contributed by atoms with E-state index in [1.165, 1.54) is 0 Å². The van der Waals surface area contributed by atoms with Crippen molar-refractivity contribution in [2.45, 2.75) is 6.54 Å². The minimum absolute atomic E-state index is 0.652. The molecule has 0 saturated heterocycles.